The number of nitrogens with one attached hydrogen (secondary N) is 2. The number of anilines is 2. The highest BCUT2D eigenvalue weighted by Crippen LogP contribution is 2.32. The molecule has 1 fully saturated rings. The van der Waals surface area contributed by atoms with Crippen molar-refractivity contribution in [3.8, 4) is 11.1 Å². The number of carbonyl (C=O) groups is 1. The average Bonchev–Trinajstić information content (AvgIpc) is 3.38. The Bertz CT molecular complexity index is 1790. The van der Waals surface area contributed by atoms with Crippen LogP contribution in [0.2, 0.25) is 0 Å². The number of hydrogen-bond donors (Lipinski definition) is 2. The summed E-state index contributed by atoms with van der Waals surface area (Å²) in [4.78, 5) is 28.9. The molecule has 12 nitrogen and oxygen atoms in total. The van der Waals surface area contributed by atoms with Gasteiger partial charge in [0, 0.05) is 61.8 Å². The molecule has 2 N–H and O–H groups in total. The number of fused-ring (bicyclic) bond motifs is 1. The van der Waals surface area contributed by atoms with Crippen LogP contribution in [0.3, 0.4) is 0 Å². The fraction of sp³-hybridized carbons (Fsp3) is 0.400. The Hall–Kier alpha value is -3.76. The van der Waals surface area contributed by atoms with Crippen molar-refractivity contribution < 1.29 is 22.3 Å². The number of methoxy groups -OCH3 is 1. The summed E-state index contributed by atoms with van der Waals surface area (Å²) in [5.41, 5.74) is 3.50. The maximum Gasteiger partial charge on any atom is 0.413 e. The number of halogens is 1. The fourth-order valence-corrected chi connectivity index (χ4v) is 8.35. The molecule has 0 bridgehead atoms. The lowest BCUT2D eigenvalue weighted by molar-refractivity contribution is 0.184. The second-order valence-electron chi connectivity index (χ2n) is 11.2. The molecule has 5 rings (SSSR count). The number of para-hydroxylation sites is 1. The zero-order valence-corrected chi connectivity index (χ0v) is 27.5. The number of amides is 1. The first kappa shape index (κ1) is 32.6. The molecule has 4 aromatic rings. The molecule has 2 aromatic carbocycles. The molecule has 0 radical (unpaired) electrons. The van der Waals surface area contributed by atoms with Crippen molar-refractivity contribution in [2.75, 3.05) is 64.6 Å². The molecule has 3 heterocycles. The summed E-state index contributed by atoms with van der Waals surface area (Å²) in [6, 6.07) is 11.0. The maximum atomic E-state index is 14.5. The minimum absolute atomic E-state index is 0.00289. The van der Waals surface area contributed by atoms with Gasteiger partial charge in [-0.25, -0.2) is 32.6 Å². The Morgan fingerprint density at radius 2 is 1.91 bits per heavy atom. The van der Waals surface area contributed by atoms with Gasteiger partial charge in [0.25, 0.3) is 10.0 Å². The summed E-state index contributed by atoms with van der Waals surface area (Å²) in [6.45, 7) is 6.62. The second-order valence-corrected chi connectivity index (χ2v) is 14.4. The Balaban J connectivity index is 1.24. The number of ether oxygens (including phenoxy) is 1. The van der Waals surface area contributed by atoms with E-state index in [1.807, 2.05) is 43.3 Å². The number of aryl methyl sites for hydroxylation is 1. The quantitative estimate of drug-likeness (QED) is 0.255. The average molecular weight is 657 g/mol. The zero-order chi connectivity index (χ0) is 32.3. The number of aromatic nitrogens is 3. The first-order valence-electron chi connectivity index (χ1n) is 14.4. The van der Waals surface area contributed by atoms with Gasteiger partial charge in [0.2, 0.25) is 0 Å². The number of hydrogen-bond acceptors (Lipinski definition) is 11. The first-order chi connectivity index (χ1) is 21.5. The van der Waals surface area contributed by atoms with E-state index in [1.165, 1.54) is 23.8 Å². The van der Waals surface area contributed by atoms with Gasteiger partial charge >= 0.3 is 6.09 Å². The molecule has 1 aliphatic rings. The summed E-state index contributed by atoms with van der Waals surface area (Å²) in [5, 5.41) is 6.98. The molecule has 0 spiro atoms. The van der Waals surface area contributed by atoms with Crippen LogP contribution in [0, 0.1) is 12.7 Å². The van der Waals surface area contributed by atoms with Crippen LogP contribution < -0.4 is 10.6 Å². The summed E-state index contributed by atoms with van der Waals surface area (Å²) >= 11 is 0.913. The molecule has 1 unspecified atom stereocenters. The summed E-state index contributed by atoms with van der Waals surface area (Å²) in [7, 11) is 1.28. The van der Waals surface area contributed by atoms with Gasteiger partial charge in [0.1, 0.15) is 18.0 Å². The highest BCUT2D eigenvalue weighted by molar-refractivity contribution is 7.91. The van der Waals surface area contributed by atoms with Crippen molar-refractivity contribution in [1.29, 1.82) is 0 Å². The third-order valence-corrected chi connectivity index (χ3v) is 11.0. The predicted octanol–water partition coefficient (Wildman–Crippen LogP) is 4.25. The summed E-state index contributed by atoms with van der Waals surface area (Å²) in [6.07, 6.45) is 0.823. The molecule has 240 valence electrons. The van der Waals surface area contributed by atoms with Gasteiger partial charge in [-0.2, -0.15) is 4.31 Å². The van der Waals surface area contributed by atoms with Crippen LogP contribution in [-0.4, -0.2) is 104 Å². The van der Waals surface area contributed by atoms with Crippen LogP contribution in [0.15, 0.2) is 46.9 Å². The highest BCUT2D eigenvalue weighted by Gasteiger charge is 2.32. The lowest BCUT2D eigenvalue weighted by atomic mass is 9.99. The lowest BCUT2D eigenvalue weighted by Crippen LogP contribution is -2.50. The molecule has 2 aromatic heterocycles. The smallest absolute Gasteiger partial charge is 0.413 e. The molecule has 15 heteroatoms. The molecular formula is C30H37FN8O4S2. The van der Waals surface area contributed by atoms with Crippen molar-refractivity contribution in [1.82, 2.24) is 29.1 Å². The minimum atomic E-state index is -3.76. The molecule has 0 aliphatic carbocycles. The van der Waals surface area contributed by atoms with Crippen LogP contribution >= 0.6 is 11.3 Å². The van der Waals surface area contributed by atoms with Gasteiger partial charge in [0.15, 0.2) is 9.34 Å². The Morgan fingerprint density at radius 3 is 2.62 bits per heavy atom. The van der Waals surface area contributed by atoms with E-state index < -0.39 is 16.1 Å². The van der Waals surface area contributed by atoms with Crippen molar-refractivity contribution in [3.63, 3.8) is 0 Å². The number of nitrogens with zero attached hydrogens (tertiary/aromatic N) is 6. The number of rotatable bonds is 10. The lowest BCUT2D eigenvalue weighted by Gasteiger charge is -2.35. The van der Waals surface area contributed by atoms with E-state index in [0.29, 0.717) is 56.3 Å². The molecule has 1 saturated heterocycles. The predicted molar refractivity (Wildman–Crippen MR) is 173 cm³/mol. The molecule has 1 amide bonds. The Morgan fingerprint density at radius 1 is 1.16 bits per heavy atom. The number of sulfonamides is 1. The summed E-state index contributed by atoms with van der Waals surface area (Å²) < 4.78 is 47.4. The Labute approximate surface area is 266 Å². The van der Waals surface area contributed by atoms with Crippen LogP contribution in [0.1, 0.15) is 18.2 Å². The van der Waals surface area contributed by atoms with Gasteiger partial charge in [-0.3, -0.25) is 10.2 Å². The fourth-order valence-electron chi connectivity index (χ4n) is 5.39. The van der Waals surface area contributed by atoms with Gasteiger partial charge in [-0.15, -0.1) is 0 Å². The Kier molecular flexibility index (Phi) is 9.94. The molecule has 0 saturated carbocycles. The van der Waals surface area contributed by atoms with Crippen LogP contribution in [0.25, 0.3) is 22.0 Å². The van der Waals surface area contributed by atoms with Crippen LogP contribution in [-0.2, 0) is 21.3 Å². The molecule has 1 aliphatic heterocycles. The number of piperazine rings is 1. The number of benzene rings is 2. The van der Waals surface area contributed by atoms with Crippen molar-refractivity contribution in [3.05, 3.63) is 59.8 Å². The zero-order valence-electron chi connectivity index (χ0n) is 25.9. The van der Waals surface area contributed by atoms with Crippen molar-refractivity contribution >= 4 is 49.3 Å². The maximum absolute atomic E-state index is 14.5. The standard InChI is InChI=1S/C30H37FN8O4S2/c1-19(16-38-11-13-39(14-12-38)45(41,42)28-20(2)35-29(44-28)36-30(40)43-5)34-27-24-8-6-7-23(26(24)32-18-33-27)21-9-10-25(31)22(15-21)17-37(3)4/h6-10,15,18-19H,11-14,16-17H2,1-5H3,(H,32,33,34)(H,35,36,40). The second kappa shape index (κ2) is 13.7. The molecular weight excluding hydrogens is 620 g/mol. The first-order valence-corrected chi connectivity index (χ1v) is 16.7. The SMILES string of the molecule is COC(=O)Nc1nc(C)c(S(=O)(=O)N2CCN(CC(C)Nc3ncnc4c(-c5ccc(F)c(CN(C)C)c5)cccc34)CC2)s1. The van der Waals surface area contributed by atoms with Crippen LogP contribution in [0.4, 0.5) is 20.1 Å². The minimum Gasteiger partial charge on any atom is -0.453 e. The number of carbonyl (C=O) groups excluding carboxylic acids is 1. The van der Waals surface area contributed by atoms with E-state index in [-0.39, 0.29) is 21.2 Å². The largest absolute Gasteiger partial charge is 0.453 e. The van der Waals surface area contributed by atoms with E-state index in [0.717, 1.165) is 33.4 Å². The van der Waals surface area contributed by atoms with Crippen molar-refractivity contribution in [2.45, 2.75) is 30.6 Å². The van der Waals surface area contributed by atoms with E-state index in [9.17, 15) is 17.6 Å². The van der Waals surface area contributed by atoms with E-state index in [1.54, 1.807) is 13.0 Å². The molecule has 1 atom stereocenters. The third-order valence-electron chi connectivity index (χ3n) is 7.48. The van der Waals surface area contributed by atoms with Gasteiger partial charge in [-0.05, 0) is 51.7 Å². The van der Waals surface area contributed by atoms with Gasteiger partial charge in [0.05, 0.1) is 18.3 Å². The number of thiazole rings is 1. The van der Waals surface area contributed by atoms with E-state index >= 15 is 0 Å². The normalized spacial score (nSPS) is 15.4. The third kappa shape index (κ3) is 7.39. The molecule has 45 heavy (non-hydrogen) atoms. The van der Waals surface area contributed by atoms with E-state index in [4.69, 9.17) is 0 Å². The van der Waals surface area contributed by atoms with Crippen molar-refractivity contribution in [2.24, 2.45) is 0 Å². The highest BCUT2D eigenvalue weighted by atomic mass is 32.2. The van der Waals surface area contributed by atoms with Gasteiger partial charge in [-0.1, -0.05) is 29.5 Å². The van der Waals surface area contributed by atoms with Crippen LogP contribution in [0.5, 0.6) is 0 Å². The van der Waals surface area contributed by atoms with Gasteiger partial charge < -0.3 is 15.0 Å². The topological polar surface area (TPSA) is 133 Å². The van der Waals surface area contributed by atoms with E-state index in [2.05, 4.69) is 42.1 Å². The monoisotopic (exact) mass is 656 g/mol. The summed E-state index contributed by atoms with van der Waals surface area (Å²) in [5.74, 6) is 0.459.